The molecule has 2 aromatic rings. The van der Waals surface area contributed by atoms with E-state index >= 15 is 0 Å². The average Bonchev–Trinajstić information content (AvgIpc) is 2.38. The summed E-state index contributed by atoms with van der Waals surface area (Å²) in [6, 6.07) is 6.89. The van der Waals surface area contributed by atoms with Gasteiger partial charge >= 0.3 is 6.18 Å². The molecule has 3 nitrogen and oxygen atoms in total. The number of benzene rings is 1. The molecular formula is C13H11F3N2O. The molecule has 100 valence electrons. The maximum absolute atomic E-state index is 13.0. The van der Waals surface area contributed by atoms with Crippen molar-refractivity contribution in [2.45, 2.75) is 13.1 Å². The predicted molar refractivity (Wildman–Crippen MR) is 63.8 cm³/mol. The lowest BCUT2D eigenvalue weighted by Gasteiger charge is -2.13. The van der Waals surface area contributed by atoms with Crippen LogP contribution in [-0.4, -0.2) is 17.3 Å². The first-order valence-electron chi connectivity index (χ1n) is 5.48. The monoisotopic (exact) mass is 268 g/mol. The van der Waals surface area contributed by atoms with Crippen LogP contribution in [0.1, 0.15) is 11.3 Å². The van der Waals surface area contributed by atoms with Crippen molar-refractivity contribution in [1.29, 1.82) is 0 Å². The molecule has 0 amide bonds. The Balaban J connectivity index is 2.59. The number of alkyl halides is 3. The van der Waals surface area contributed by atoms with E-state index in [2.05, 4.69) is 10.2 Å². The van der Waals surface area contributed by atoms with Crippen LogP contribution in [0.5, 0.6) is 5.75 Å². The van der Waals surface area contributed by atoms with E-state index < -0.39 is 11.7 Å². The summed E-state index contributed by atoms with van der Waals surface area (Å²) in [6.07, 6.45) is -4.48. The van der Waals surface area contributed by atoms with Gasteiger partial charge in [0, 0.05) is 5.56 Å². The fourth-order valence-corrected chi connectivity index (χ4v) is 1.65. The van der Waals surface area contributed by atoms with Crippen LogP contribution in [0.25, 0.3) is 11.3 Å². The summed E-state index contributed by atoms with van der Waals surface area (Å²) in [5.41, 5.74) is 0.0252. The molecule has 0 saturated heterocycles. The fraction of sp³-hybridized carbons (Fsp3) is 0.231. The number of aromatic nitrogens is 2. The van der Waals surface area contributed by atoms with E-state index in [-0.39, 0.29) is 17.0 Å². The Bertz CT molecular complexity index is 579. The predicted octanol–water partition coefficient (Wildman–Crippen LogP) is 3.48. The summed E-state index contributed by atoms with van der Waals surface area (Å²) in [4.78, 5) is 0. The highest BCUT2D eigenvalue weighted by Gasteiger charge is 2.34. The Hall–Kier alpha value is -2.11. The van der Waals surface area contributed by atoms with E-state index in [1.54, 1.807) is 13.0 Å². The van der Waals surface area contributed by atoms with Crippen molar-refractivity contribution >= 4 is 0 Å². The third-order valence-corrected chi connectivity index (χ3v) is 2.61. The fourth-order valence-electron chi connectivity index (χ4n) is 1.65. The molecule has 19 heavy (non-hydrogen) atoms. The van der Waals surface area contributed by atoms with E-state index in [0.29, 0.717) is 5.69 Å². The third kappa shape index (κ3) is 2.83. The quantitative estimate of drug-likeness (QED) is 0.836. The first kappa shape index (κ1) is 13.3. The minimum Gasteiger partial charge on any atom is -0.497 e. The zero-order valence-electron chi connectivity index (χ0n) is 10.3. The second kappa shape index (κ2) is 4.87. The van der Waals surface area contributed by atoms with Crippen LogP contribution in [0, 0.1) is 6.92 Å². The highest BCUT2D eigenvalue weighted by atomic mass is 19.4. The van der Waals surface area contributed by atoms with Gasteiger partial charge in [0.05, 0.1) is 24.1 Å². The first-order chi connectivity index (χ1) is 8.91. The number of nitrogens with zero attached hydrogens (tertiary/aromatic N) is 2. The zero-order chi connectivity index (χ0) is 14.0. The number of rotatable bonds is 2. The highest BCUT2D eigenvalue weighted by molar-refractivity contribution is 5.65. The average molecular weight is 268 g/mol. The molecule has 0 N–H and O–H groups in total. The standard InChI is InChI=1S/C13H11F3N2O/c1-8-3-6-12(18-17-8)10-5-4-9(19-2)7-11(10)13(14,15)16/h3-7H,1-2H3. The van der Waals surface area contributed by atoms with E-state index in [4.69, 9.17) is 4.74 Å². The van der Waals surface area contributed by atoms with Crippen LogP contribution in [0.15, 0.2) is 30.3 Å². The van der Waals surface area contributed by atoms with Crippen molar-refractivity contribution in [3.63, 3.8) is 0 Å². The van der Waals surface area contributed by atoms with Crippen molar-refractivity contribution in [1.82, 2.24) is 10.2 Å². The molecule has 6 heteroatoms. The molecule has 0 saturated carbocycles. The van der Waals surface area contributed by atoms with Crippen LogP contribution in [0.4, 0.5) is 13.2 Å². The number of ether oxygens (including phenoxy) is 1. The first-order valence-corrected chi connectivity index (χ1v) is 5.48. The van der Waals surface area contributed by atoms with Gasteiger partial charge in [-0.05, 0) is 37.3 Å². The summed E-state index contributed by atoms with van der Waals surface area (Å²) in [6.45, 7) is 1.72. The van der Waals surface area contributed by atoms with Crippen LogP contribution < -0.4 is 4.74 Å². The Kier molecular flexibility index (Phi) is 3.42. The number of halogens is 3. The molecule has 0 bridgehead atoms. The lowest BCUT2D eigenvalue weighted by Crippen LogP contribution is -2.08. The minimum absolute atomic E-state index is 0.0131. The van der Waals surface area contributed by atoms with E-state index in [9.17, 15) is 13.2 Å². The topological polar surface area (TPSA) is 35.0 Å². The number of aryl methyl sites for hydroxylation is 1. The molecular weight excluding hydrogens is 257 g/mol. The van der Waals surface area contributed by atoms with Crippen LogP contribution in [0.3, 0.4) is 0 Å². The van der Waals surface area contributed by atoms with E-state index in [0.717, 1.165) is 6.07 Å². The van der Waals surface area contributed by atoms with Gasteiger partial charge < -0.3 is 4.74 Å². The van der Waals surface area contributed by atoms with E-state index in [1.807, 2.05) is 0 Å². The van der Waals surface area contributed by atoms with E-state index in [1.165, 1.54) is 25.3 Å². The van der Waals surface area contributed by atoms with Crippen LogP contribution in [-0.2, 0) is 6.18 Å². The Morgan fingerprint density at radius 1 is 1.05 bits per heavy atom. The van der Waals surface area contributed by atoms with Gasteiger partial charge in [0.2, 0.25) is 0 Å². The Morgan fingerprint density at radius 2 is 1.79 bits per heavy atom. The maximum Gasteiger partial charge on any atom is 0.417 e. The van der Waals surface area contributed by atoms with Gasteiger partial charge in [0.1, 0.15) is 5.75 Å². The van der Waals surface area contributed by atoms with Gasteiger partial charge in [-0.2, -0.15) is 23.4 Å². The van der Waals surface area contributed by atoms with Gasteiger partial charge in [0.25, 0.3) is 0 Å². The van der Waals surface area contributed by atoms with Crippen molar-refractivity contribution in [2.24, 2.45) is 0 Å². The molecule has 0 spiro atoms. The molecule has 1 aromatic carbocycles. The summed E-state index contributed by atoms with van der Waals surface area (Å²) in [7, 11) is 1.32. The lowest BCUT2D eigenvalue weighted by molar-refractivity contribution is -0.137. The van der Waals surface area contributed by atoms with Crippen molar-refractivity contribution in [3.8, 4) is 17.0 Å². The van der Waals surface area contributed by atoms with Gasteiger partial charge in [-0.25, -0.2) is 0 Å². The molecule has 1 heterocycles. The number of methoxy groups -OCH3 is 1. The Labute approximate surface area is 108 Å². The number of hydrogen-bond donors (Lipinski definition) is 0. The summed E-state index contributed by atoms with van der Waals surface area (Å²) in [5, 5.41) is 7.56. The second-order valence-corrected chi connectivity index (χ2v) is 3.97. The van der Waals surface area contributed by atoms with Crippen molar-refractivity contribution in [2.75, 3.05) is 7.11 Å². The molecule has 0 unspecified atom stereocenters. The zero-order valence-corrected chi connectivity index (χ0v) is 10.3. The molecule has 1 aromatic heterocycles. The van der Waals surface area contributed by atoms with Gasteiger partial charge in [0.15, 0.2) is 0 Å². The molecule has 0 aliphatic heterocycles. The normalized spacial score (nSPS) is 11.4. The Morgan fingerprint density at radius 3 is 2.32 bits per heavy atom. The minimum atomic E-state index is -4.48. The highest BCUT2D eigenvalue weighted by Crippen LogP contribution is 2.38. The maximum atomic E-state index is 13.0. The van der Waals surface area contributed by atoms with Gasteiger partial charge in [-0.1, -0.05) is 0 Å². The van der Waals surface area contributed by atoms with Crippen molar-refractivity contribution in [3.05, 3.63) is 41.6 Å². The molecule has 2 rings (SSSR count). The number of hydrogen-bond acceptors (Lipinski definition) is 3. The molecule has 0 radical (unpaired) electrons. The van der Waals surface area contributed by atoms with Crippen LogP contribution >= 0.6 is 0 Å². The molecule has 0 aliphatic rings. The third-order valence-electron chi connectivity index (χ3n) is 2.61. The van der Waals surface area contributed by atoms with Gasteiger partial charge in [-0.15, -0.1) is 0 Å². The second-order valence-electron chi connectivity index (χ2n) is 3.97. The molecule has 0 fully saturated rings. The largest absolute Gasteiger partial charge is 0.497 e. The smallest absolute Gasteiger partial charge is 0.417 e. The lowest BCUT2D eigenvalue weighted by atomic mass is 10.0. The van der Waals surface area contributed by atoms with Gasteiger partial charge in [-0.3, -0.25) is 0 Å². The SMILES string of the molecule is COc1ccc(-c2ccc(C)nn2)c(C(F)(F)F)c1. The summed E-state index contributed by atoms with van der Waals surface area (Å²) in [5.74, 6) is 0.149. The van der Waals surface area contributed by atoms with Crippen LogP contribution in [0.2, 0.25) is 0 Å². The summed E-state index contributed by atoms with van der Waals surface area (Å²) < 4.78 is 43.9. The summed E-state index contributed by atoms with van der Waals surface area (Å²) >= 11 is 0. The molecule has 0 aliphatic carbocycles. The molecule has 0 atom stereocenters. The van der Waals surface area contributed by atoms with Crippen molar-refractivity contribution < 1.29 is 17.9 Å².